The number of hydrogen-bond acceptors (Lipinski definition) is 5. The predicted molar refractivity (Wildman–Crippen MR) is 78.2 cm³/mol. The van der Waals surface area contributed by atoms with E-state index in [1.165, 1.54) is 0 Å². The van der Waals surface area contributed by atoms with Gasteiger partial charge in [-0.25, -0.2) is 9.67 Å². The van der Waals surface area contributed by atoms with Gasteiger partial charge in [-0.15, -0.1) is 11.3 Å². The molecule has 6 heteroatoms. The van der Waals surface area contributed by atoms with Crippen molar-refractivity contribution in [1.82, 2.24) is 19.7 Å². The highest BCUT2D eigenvalue weighted by molar-refractivity contribution is 7.16. The molecule has 0 spiro atoms. The van der Waals surface area contributed by atoms with Crippen molar-refractivity contribution in [3.05, 3.63) is 28.9 Å². The maximum absolute atomic E-state index is 4.59. The fraction of sp³-hybridized carbons (Fsp3) is 0.308. The zero-order valence-corrected chi connectivity index (χ0v) is 12.0. The van der Waals surface area contributed by atoms with Gasteiger partial charge in [0.2, 0.25) is 5.95 Å². The summed E-state index contributed by atoms with van der Waals surface area (Å²) in [6, 6.07) is 4.09. The van der Waals surface area contributed by atoms with E-state index in [4.69, 9.17) is 0 Å². The van der Waals surface area contributed by atoms with Crippen LogP contribution in [0.1, 0.15) is 18.3 Å². The van der Waals surface area contributed by atoms with E-state index in [9.17, 15) is 0 Å². The third-order valence-corrected chi connectivity index (χ3v) is 3.66. The van der Waals surface area contributed by atoms with E-state index in [1.54, 1.807) is 11.3 Å². The summed E-state index contributed by atoms with van der Waals surface area (Å²) in [6.07, 6.45) is 0. The quantitative estimate of drug-likeness (QED) is 0.797. The topological polar surface area (TPSA) is 55.6 Å². The molecular weight excluding hydrogens is 258 g/mol. The lowest BCUT2D eigenvalue weighted by Crippen LogP contribution is -2.08. The van der Waals surface area contributed by atoms with Gasteiger partial charge < -0.3 is 5.32 Å². The summed E-state index contributed by atoms with van der Waals surface area (Å²) < 4.78 is 1.88. The fourth-order valence-corrected chi connectivity index (χ4v) is 2.84. The Hall–Kier alpha value is -1.95. The third kappa shape index (κ3) is 2.08. The minimum Gasteiger partial charge on any atom is -0.354 e. The van der Waals surface area contributed by atoms with Gasteiger partial charge >= 0.3 is 0 Å². The standard InChI is InChI=1S/C13H15N5S/c1-4-14-13-15-11(10-5-6-19-12(10)16-13)18-9(3)7-8(2)17-18/h5-7H,4H2,1-3H3,(H,14,15,16). The summed E-state index contributed by atoms with van der Waals surface area (Å²) >= 11 is 1.62. The van der Waals surface area contributed by atoms with Crippen molar-refractivity contribution < 1.29 is 0 Å². The first-order chi connectivity index (χ1) is 9.19. The lowest BCUT2D eigenvalue weighted by Gasteiger charge is -2.08. The average molecular weight is 273 g/mol. The monoisotopic (exact) mass is 273 g/mol. The van der Waals surface area contributed by atoms with Crippen molar-refractivity contribution in [2.45, 2.75) is 20.8 Å². The van der Waals surface area contributed by atoms with Gasteiger partial charge in [0.1, 0.15) is 4.83 Å². The highest BCUT2D eigenvalue weighted by Gasteiger charge is 2.13. The molecule has 3 heterocycles. The summed E-state index contributed by atoms with van der Waals surface area (Å²) in [7, 11) is 0. The van der Waals surface area contributed by atoms with Gasteiger partial charge in [0.05, 0.1) is 11.1 Å². The molecule has 5 nitrogen and oxygen atoms in total. The molecule has 0 saturated heterocycles. The van der Waals surface area contributed by atoms with Gasteiger partial charge in [-0.3, -0.25) is 0 Å². The molecule has 3 aromatic rings. The Morgan fingerprint density at radius 1 is 1.32 bits per heavy atom. The summed E-state index contributed by atoms with van der Waals surface area (Å²) in [5, 5.41) is 10.8. The number of rotatable bonds is 3. The van der Waals surface area contributed by atoms with Gasteiger partial charge in [0.25, 0.3) is 0 Å². The van der Waals surface area contributed by atoms with E-state index in [0.717, 1.165) is 34.0 Å². The van der Waals surface area contributed by atoms with Gasteiger partial charge in [0.15, 0.2) is 5.82 Å². The molecule has 0 atom stereocenters. The van der Waals surface area contributed by atoms with Crippen molar-refractivity contribution in [3.8, 4) is 5.82 Å². The van der Waals surface area contributed by atoms with E-state index >= 15 is 0 Å². The summed E-state index contributed by atoms with van der Waals surface area (Å²) in [6.45, 7) is 6.85. The zero-order valence-electron chi connectivity index (χ0n) is 11.1. The van der Waals surface area contributed by atoms with Crippen LogP contribution in [-0.2, 0) is 0 Å². The Morgan fingerprint density at radius 3 is 2.84 bits per heavy atom. The SMILES string of the molecule is CCNc1nc(-n2nc(C)cc2C)c2ccsc2n1. The summed E-state index contributed by atoms with van der Waals surface area (Å²) in [4.78, 5) is 10.1. The summed E-state index contributed by atoms with van der Waals surface area (Å²) in [5.74, 6) is 1.49. The number of anilines is 1. The Morgan fingerprint density at radius 2 is 2.16 bits per heavy atom. The normalized spacial score (nSPS) is 11.1. The largest absolute Gasteiger partial charge is 0.354 e. The molecule has 1 N–H and O–H groups in total. The Bertz CT molecular complexity index is 728. The number of hydrogen-bond donors (Lipinski definition) is 1. The van der Waals surface area contributed by atoms with Gasteiger partial charge in [0, 0.05) is 12.2 Å². The van der Waals surface area contributed by atoms with Gasteiger partial charge in [-0.05, 0) is 38.3 Å². The summed E-state index contributed by atoms with van der Waals surface area (Å²) in [5.41, 5.74) is 2.07. The molecule has 3 aromatic heterocycles. The first kappa shape index (κ1) is 12.1. The molecule has 0 fully saturated rings. The molecule has 0 aliphatic carbocycles. The lowest BCUT2D eigenvalue weighted by molar-refractivity contribution is 0.811. The number of aryl methyl sites for hydroxylation is 2. The average Bonchev–Trinajstić information content (AvgIpc) is 2.95. The van der Waals surface area contributed by atoms with Crippen LogP contribution in [0.2, 0.25) is 0 Å². The lowest BCUT2D eigenvalue weighted by atomic mass is 10.3. The fourth-order valence-electron chi connectivity index (χ4n) is 2.08. The maximum Gasteiger partial charge on any atom is 0.226 e. The second kappa shape index (κ2) is 4.62. The molecule has 0 radical (unpaired) electrons. The molecule has 98 valence electrons. The maximum atomic E-state index is 4.59. The van der Waals surface area contributed by atoms with E-state index in [-0.39, 0.29) is 0 Å². The Kier molecular flexibility index (Phi) is 2.94. The van der Waals surface area contributed by atoms with Crippen LogP contribution in [0.5, 0.6) is 0 Å². The Labute approximate surface area is 115 Å². The minimum atomic E-state index is 0.653. The molecular formula is C13H15N5S. The van der Waals surface area contributed by atoms with Crippen molar-refractivity contribution >= 4 is 27.5 Å². The van der Waals surface area contributed by atoms with E-state index < -0.39 is 0 Å². The Balaban J connectivity index is 2.26. The third-order valence-electron chi connectivity index (χ3n) is 2.85. The zero-order chi connectivity index (χ0) is 13.4. The molecule has 0 aliphatic heterocycles. The smallest absolute Gasteiger partial charge is 0.226 e. The number of nitrogens with one attached hydrogen (secondary N) is 1. The predicted octanol–water partition coefficient (Wildman–Crippen LogP) is 2.93. The van der Waals surface area contributed by atoms with Gasteiger partial charge in [-0.2, -0.15) is 10.1 Å². The molecule has 0 aromatic carbocycles. The van der Waals surface area contributed by atoms with Crippen LogP contribution in [0.3, 0.4) is 0 Å². The number of aromatic nitrogens is 4. The molecule has 0 unspecified atom stereocenters. The van der Waals surface area contributed by atoms with Crippen LogP contribution >= 0.6 is 11.3 Å². The molecule has 0 saturated carbocycles. The van der Waals surface area contributed by atoms with E-state index in [0.29, 0.717) is 5.95 Å². The van der Waals surface area contributed by atoms with Crippen LogP contribution in [0.4, 0.5) is 5.95 Å². The number of thiophene rings is 1. The first-order valence-corrected chi connectivity index (χ1v) is 7.09. The minimum absolute atomic E-state index is 0.653. The number of nitrogens with zero attached hydrogens (tertiary/aromatic N) is 4. The highest BCUT2D eigenvalue weighted by atomic mass is 32.1. The highest BCUT2D eigenvalue weighted by Crippen LogP contribution is 2.26. The molecule has 3 rings (SSSR count). The second-order valence-electron chi connectivity index (χ2n) is 4.38. The van der Waals surface area contributed by atoms with Crippen molar-refractivity contribution in [3.63, 3.8) is 0 Å². The van der Waals surface area contributed by atoms with Crippen LogP contribution in [-0.4, -0.2) is 26.3 Å². The van der Waals surface area contributed by atoms with Crippen LogP contribution in [0.25, 0.3) is 16.0 Å². The first-order valence-electron chi connectivity index (χ1n) is 6.22. The van der Waals surface area contributed by atoms with E-state index in [1.807, 2.05) is 43.0 Å². The van der Waals surface area contributed by atoms with Crippen molar-refractivity contribution in [2.75, 3.05) is 11.9 Å². The second-order valence-corrected chi connectivity index (χ2v) is 5.27. The molecule has 0 amide bonds. The molecule has 19 heavy (non-hydrogen) atoms. The van der Waals surface area contributed by atoms with E-state index in [2.05, 4.69) is 20.4 Å². The van der Waals surface area contributed by atoms with Crippen LogP contribution in [0, 0.1) is 13.8 Å². The molecule has 0 bridgehead atoms. The van der Waals surface area contributed by atoms with Crippen molar-refractivity contribution in [2.24, 2.45) is 0 Å². The van der Waals surface area contributed by atoms with Gasteiger partial charge in [-0.1, -0.05) is 0 Å². The molecule has 0 aliphatic rings. The van der Waals surface area contributed by atoms with Crippen LogP contribution in [0.15, 0.2) is 17.5 Å². The van der Waals surface area contributed by atoms with Crippen LogP contribution < -0.4 is 5.32 Å². The van der Waals surface area contributed by atoms with Crippen molar-refractivity contribution in [1.29, 1.82) is 0 Å². The number of fused-ring (bicyclic) bond motifs is 1.